The van der Waals surface area contributed by atoms with Crippen molar-refractivity contribution in [3.8, 4) is 0 Å². The van der Waals surface area contributed by atoms with Crippen molar-refractivity contribution in [3.63, 3.8) is 0 Å². The molecule has 3 unspecified atom stereocenters. The second-order valence-corrected chi connectivity index (χ2v) is 5.05. The lowest BCUT2D eigenvalue weighted by Crippen LogP contribution is -2.37. The van der Waals surface area contributed by atoms with Crippen LogP contribution in [0.1, 0.15) is 18.4 Å². The van der Waals surface area contributed by atoms with Gasteiger partial charge >= 0.3 is 0 Å². The minimum Gasteiger partial charge on any atom is -0.368 e. The molecule has 1 saturated heterocycles. The number of fused-ring (bicyclic) bond motifs is 5. The maximum absolute atomic E-state index is 2.68. The van der Waals surface area contributed by atoms with Crippen LogP contribution in [0, 0.1) is 11.8 Å². The van der Waals surface area contributed by atoms with Gasteiger partial charge in [-0.25, -0.2) is 0 Å². The summed E-state index contributed by atoms with van der Waals surface area (Å²) in [7, 11) is 0. The molecule has 3 atom stereocenters. The minimum absolute atomic E-state index is 0.898. The zero-order valence-electron chi connectivity index (χ0n) is 8.32. The van der Waals surface area contributed by atoms with Crippen LogP contribution < -0.4 is 4.90 Å². The Kier molecular flexibility index (Phi) is 1.22. The van der Waals surface area contributed by atoms with E-state index in [1.54, 1.807) is 5.56 Å². The van der Waals surface area contributed by atoms with Gasteiger partial charge in [0, 0.05) is 18.3 Å². The molecule has 2 fully saturated rings. The normalized spacial score (nSPS) is 37.4. The molecule has 1 saturated carbocycles. The van der Waals surface area contributed by atoms with Crippen molar-refractivity contribution >= 4 is 5.69 Å². The van der Waals surface area contributed by atoms with Crippen LogP contribution in [0.15, 0.2) is 24.3 Å². The molecule has 1 heteroatoms. The van der Waals surface area contributed by atoms with E-state index in [1.165, 1.54) is 31.5 Å². The highest BCUT2D eigenvalue weighted by atomic mass is 15.2. The number of para-hydroxylation sites is 1. The van der Waals surface area contributed by atoms with Gasteiger partial charge < -0.3 is 4.90 Å². The highest BCUT2D eigenvalue weighted by molar-refractivity contribution is 5.58. The van der Waals surface area contributed by atoms with E-state index in [0.29, 0.717) is 0 Å². The molecule has 0 bridgehead atoms. The molecule has 0 amide bonds. The number of rotatable bonds is 0. The molecule has 2 aliphatic heterocycles. The molecule has 0 radical (unpaired) electrons. The van der Waals surface area contributed by atoms with Crippen molar-refractivity contribution in [1.82, 2.24) is 0 Å². The molecular formula is C13H15N. The van der Waals surface area contributed by atoms with E-state index < -0.39 is 0 Å². The number of benzene rings is 1. The van der Waals surface area contributed by atoms with Crippen LogP contribution in [0.4, 0.5) is 5.69 Å². The Labute approximate surface area is 84.7 Å². The van der Waals surface area contributed by atoms with Gasteiger partial charge in [0.1, 0.15) is 0 Å². The molecular weight excluding hydrogens is 170 g/mol. The Morgan fingerprint density at radius 3 is 3.14 bits per heavy atom. The fourth-order valence-electron chi connectivity index (χ4n) is 3.52. The third-order valence-corrected chi connectivity index (χ3v) is 4.31. The number of piperidine rings is 1. The van der Waals surface area contributed by atoms with Crippen LogP contribution in [0.2, 0.25) is 0 Å². The highest BCUT2D eigenvalue weighted by Crippen LogP contribution is 2.54. The summed E-state index contributed by atoms with van der Waals surface area (Å²) in [6.07, 6.45) is 4.22. The lowest BCUT2D eigenvalue weighted by Gasteiger charge is -2.35. The number of hydrogen-bond acceptors (Lipinski definition) is 1. The monoisotopic (exact) mass is 185 g/mol. The molecule has 0 aromatic heterocycles. The molecule has 0 N–H and O–H groups in total. The zero-order chi connectivity index (χ0) is 9.12. The van der Waals surface area contributed by atoms with Gasteiger partial charge in [-0.2, -0.15) is 0 Å². The Bertz CT molecular complexity index is 385. The van der Waals surface area contributed by atoms with Gasteiger partial charge in [0.2, 0.25) is 0 Å². The average molecular weight is 185 g/mol. The van der Waals surface area contributed by atoms with Crippen molar-refractivity contribution in [2.24, 2.45) is 11.8 Å². The largest absolute Gasteiger partial charge is 0.368 e. The van der Waals surface area contributed by atoms with Gasteiger partial charge in [-0.15, -0.1) is 0 Å². The van der Waals surface area contributed by atoms with Gasteiger partial charge in [-0.05, 0) is 42.7 Å². The van der Waals surface area contributed by atoms with Gasteiger partial charge in [-0.3, -0.25) is 0 Å². The first kappa shape index (κ1) is 7.33. The first-order valence-corrected chi connectivity index (χ1v) is 5.78. The number of anilines is 1. The van der Waals surface area contributed by atoms with Crippen LogP contribution >= 0.6 is 0 Å². The highest BCUT2D eigenvalue weighted by Gasteiger charge is 2.53. The lowest BCUT2D eigenvalue weighted by molar-refractivity contribution is 0.531. The molecule has 4 rings (SSSR count). The molecule has 72 valence electrons. The molecule has 1 nitrogen and oxygen atoms in total. The van der Waals surface area contributed by atoms with E-state index in [4.69, 9.17) is 0 Å². The third-order valence-electron chi connectivity index (χ3n) is 4.31. The van der Waals surface area contributed by atoms with Gasteiger partial charge in [0.25, 0.3) is 0 Å². The van der Waals surface area contributed by atoms with Crippen LogP contribution in [-0.2, 0) is 6.42 Å². The topological polar surface area (TPSA) is 3.24 Å². The average Bonchev–Trinajstić information content (AvgIpc) is 2.91. The summed E-state index contributed by atoms with van der Waals surface area (Å²) < 4.78 is 0. The number of aryl methyl sites for hydroxylation is 1. The summed E-state index contributed by atoms with van der Waals surface area (Å²) in [5, 5.41) is 0. The predicted molar refractivity (Wildman–Crippen MR) is 57.5 cm³/mol. The summed E-state index contributed by atoms with van der Waals surface area (Å²) in [6.45, 7) is 1.34. The maximum atomic E-state index is 2.68. The summed E-state index contributed by atoms with van der Waals surface area (Å²) in [4.78, 5) is 2.68. The van der Waals surface area contributed by atoms with Gasteiger partial charge in [0.15, 0.2) is 0 Å². The first-order chi connectivity index (χ1) is 6.93. The molecule has 14 heavy (non-hydrogen) atoms. The lowest BCUT2D eigenvalue weighted by atomic mass is 9.95. The quantitative estimate of drug-likeness (QED) is 0.600. The van der Waals surface area contributed by atoms with Crippen molar-refractivity contribution in [3.05, 3.63) is 29.8 Å². The van der Waals surface area contributed by atoms with E-state index >= 15 is 0 Å². The first-order valence-electron chi connectivity index (χ1n) is 5.78. The Hall–Kier alpha value is -0.980. The number of nitrogens with zero attached hydrogens (tertiary/aromatic N) is 1. The molecule has 2 heterocycles. The predicted octanol–water partition coefficient (Wildman–Crippen LogP) is 2.46. The summed E-state index contributed by atoms with van der Waals surface area (Å²) in [5.41, 5.74) is 3.11. The fraction of sp³-hybridized carbons (Fsp3) is 0.538. The maximum Gasteiger partial charge on any atom is 0.0401 e. The summed E-state index contributed by atoms with van der Waals surface area (Å²) >= 11 is 0. The smallest absolute Gasteiger partial charge is 0.0401 e. The van der Waals surface area contributed by atoms with Gasteiger partial charge in [0.05, 0.1) is 0 Å². The van der Waals surface area contributed by atoms with Crippen LogP contribution in [-0.4, -0.2) is 12.6 Å². The SMILES string of the molecule is c1ccc2c(c1)CCC1C3CC3CN21. The van der Waals surface area contributed by atoms with E-state index in [0.717, 1.165) is 17.9 Å². The van der Waals surface area contributed by atoms with E-state index in [2.05, 4.69) is 29.2 Å². The second kappa shape index (κ2) is 2.33. The van der Waals surface area contributed by atoms with Crippen LogP contribution in [0.25, 0.3) is 0 Å². The standard InChI is InChI=1S/C13H15N/c1-2-4-12-9(3-1)5-6-13-11-7-10(11)8-14(12)13/h1-4,10-11,13H,5-8H2. The molecule has 1 aliphatic carbocycles. The van der Waals surface area contributed by atoms with Crippen molar-refractivity contribution in [2.75, 3.05) is 11.4 Å². The van der Waals surface area contributed by atoms with Crippen LogP contribution in [0.5, 0.6) is 0 Å². The van der Waals surface area contributed by atoms with Crippen molar-refractivity contribution in [1.29, 1.82) is 0 Å². The Morgan fingerprint density at radius 1 is 1.21 bits per heavy atom. The van der Waals surface area contributed by atoms with E-state index in [9.17, 15) is 0 Å². The summed E-state index contributed by atoms with van der Waals surface area (Å²) in [5.74, 6) is 2.11. The molecule has 3 aliphatic rings. The van der Waals surface area contributed by atoms with Crippen LogP contribution in [0.3, 0.4) is 0 Å². The van der Waals surface area contributed by atoms with Crippen molar-refractivity contribution in [2.45, 2.75) is 25.3 Å². The molecule has 1 aromatic carbocycles. The van der Waals surface area contributed by atoms with E-state index in [1.807, 2.05) is 0 Å². The second-order valence-electron chi connectivity index (χ2n) is 5.05. The molecule has 0 spiro atoms. The van der Waals surface area contributed by atoms with E-state index in [-0.39, 0.29) is 0 Å². The Morgan fingerprint density at radius 2 is 2.14 bits per heavy atom. The molecule has 1 aromatic rings. The fourth-order valence-corrected chi connectivity index (χ4v) is 3.52. The minimum atomic E-state index is 0.898. The van der Waals surface area contributed by atoms with Gasteiger partial charge in [-0.1, -0.05) is 18.2 Å². The summed E-state index contributed by atoms with van der Waals surface area (Å²) in [6, 6.07) is 9.87. The Balaban J connectivity index is 1.81. The third kappa shape index (κ3) is 0.807. The van der Waals surface area contributed by atoms with Crippen molar-refractivity contribution < 1.29 is 0 Å². The zero-order valence-corrected chi connectivity index (χ0v) is 8.32. The number of hydrogen-bond donors (Lipinski definition) is 0.